The second-order valence-corrected chi connectivity index (χ2v) is 9.08. The van der Waals surface area contributed by atoms with Crippen LogP contribution in [0.5, 0.6) is 0 Å². The van der Waals surface area contributed by atoms with Gasteiger partial charge in [-0.1, -0.05) is 86.6 Å². The Morgan fingerprint density at radius 3 is 1.72 bits per heavy atom. The standard InChI is InChI=1S/C31H25N/c1-31(2)27-18-11-19-29(30(27)26-20-22-12-9-10-13-23(22)21-28(26)31)32(24-14-5-3-6-15-24)25-16-7-4-8-17-25/h3-21H,1-2H3. The van der Waals surface area contributed by atoms with Crippen molar-refractivity contribution in [2.75, 3.05) is 4.90 Å². The van der Waals surface area contributed by atoms with E-state index in [9.17, 15) is 0 Å². The molecule has 0 atom stereocenters. The van der Waals surface area contributed by atoms with Gasteiger partial charge in [-0.15, -0.1) is 0 Å². The number of benzene rings is 5. The number of para-hydroxylation sites is 2. The molecule has 0 fully saturated rings. The molecule has 0 bridgehead atoms. The van der Waals surface area contributed by atoms with Crippen LogP contribution in [0.1, 0.15) is 25.0 Å². The Morgan fingerprint density at radius 2 is 1.09 bits per heavy atom. The van der Waals surface area contributed by atoms with Crippen LogP contribution >= 0.6 is 0 Å². The lowest BCUT2D eigenvalue weighted by Crippen LogP contribution is -2.16. The Hall–Kier alpha value is -3.84. The van der Waals surface area contributed by atoms with Gasteiger partial charge >= 0.3 is 0 Å². The van der Waals surface area contributed by atoms with E-state index >= 15 is 0 Å². The quantitative estimate of drug-likeness (QED) is 0.287. The third-order valence-electron chi connectivity index (χ3n) is 6.81. The summed E-state index contributed by atoms with van der Waals surface area (Å²) in [6.07, 6.45) is 0. The lowest BCUT2D eigenvalue weighted by molar-refractivity contribution is 0.661. The molecule has 0 radical (unpaired) electrons. The van der Waals surface area contributed by atoms with Gasteiger partial charge in [0.1, 0.15) is 0 Å². The number of anilines is 3. The topological polar surface area (TPSA) is 3.24 Å². The summed E-state index contributed by atoms with van der Waals surface area (Å²) < 4.78 is 0. The summed E-state index contributed by atoms with van der Waals surface area (Å²) in [7, 11) is 0. The summed E-state index contributed by atoms with van der Waals surface area (Å²) >= 11 is 0. The van der Waals surface area contributed by atoms with Crippen LogP contribution in [0.4, 0.5) is 17.1 Å². The lowest BCUT2D eigenvalue weighted by atomic mass is 9.82. The highest BCUT2D eigenvalue weighted by atomic mass is 15.1. The molecule has 0 spiro atoms. The normalized spacial score (nSPS) is 13.6. The smallest absolute Gasteiger partial charge is 0.0543 e. The highest BCUT2D eigenvalue weighted by Crippen LogP contribution is 2.54. The molecule has 32 heavy (non-hydrogen) atoms. The van der Waals surface area contributed by atoms with Crippen molar-refractivity contribution >= 4 is 27.8 Å². The van der Waals surface area contributed by atoms with Crippen molar-refractivity contribution in [3.05, 3.63) is 126 Å². The third-order valence-corrected chi connectivity index (χ3v) is 6.81. The Labute approximate surface area is 189 Å². The van der Waals surface area contributed by atoms with E-state index in [0.29, 0.717) is 0 Å². The predicted molar refractivity (Wildman–Crippen MR) is 136 cm³/mol. The van der Waals surface area contributed by atoms with Gasteiger partial charge in [-0.2, -0.15) is 0 Å². The molecule has 0 saturated heterocycles. The van der Waals surface area contributed by atoms with Crippen molar-refractivity contribution in [3.63, 3.8) is 0 Å². The van der Waals surface area contributed by atoms with Crippen molar-refractivity contribution in [1.82, 2.24) is 0 Å². The van der Waals surface area contributed by atoms with Crippen molar-refractivity contribution in [3.8, 4) is 11.1 Å². The highest BCUT2D eigenvalue weighted by Gasteiger charge is 2.38. The van der Waals surface area contributed by atoms with Crippen LogP contribution in [0.2, 0.25) is 0 Å². The van der Waals surface area contributed by atoms with Crippen LogP contribution in [0.15, 0.2) is 115 Å². The number of nitrogens with zero attached hydrogens (tertiary/aromatic N) is 1. The van der Waals surface area contributed by atoms with E-state index in [-0.39, 0.29) is 5.41 Å². The molecule has 1 heteroatoms. The van der Waals surface area contributed by atoms with Crippen LogP contribution < -0.4 is 4.90 Å². The average Bonchev–Trinajstić information content (AvgIpc) is 3.06. The van der Waals surface area contributed by atoms with E-state index in [0.717, 1.165) is 0 Å². The molecule has 5 aromatic carbocycles. The van der Waals surface area contributed by atoms with E-state index in [1.807, 2.05) is 0 Å². The minimum absolute atomic E-state index is 0.0518. The summed E-state index contributed by atoms with van der Waals surface area (Å²) in [6, 6.07) is 41.6. The largest absolute Gasteiger partial charge is 0.310 e. The molecule has 0 unspecified atom stereocenters. The van der Waals surface area contributed by atoms with Crippen LogP contribution in [-0.2, 0) is 5.41 Å². The van der Waals surface area contributed by atoms with Gasteiger partial charge in [-0.25, -0.2) is 0 Å². The number of rotatable bonds is 3. The summed E-state index contributed by atoms with van der Waals surface area (Å²) in [6.45, 7) is 4.71. The van der Waals surface area contributed by atoms with E-state index < -0.39 is 0 Å². The van der Waals surface area contributed by atoms with Gasteiger partial charge in [0.25, 0.3) is 0 Å². The Balaban J connectivity index is 1.67. The van der Waals surface area contributed by atoms with Crippen LogP contribution in [0.25, 0.3) is 21.9 Å². The fourth-order valence-corrected chi connectivity index (χ4v) is 5.22. The molecule has 6 rings (SSSR count). The van der Waals surface area contributed by atoms with Crippen LogP contribution in [-0.4, -0.2) is 0 Å². The zero-order valence-corrected chi connectivity index (χ0v) is 18.4. The molecule has 1 nitrogen and oxygen atoms in total. The maximum atomic E-state index is 2.39. The Morgan fingerprint density at radius 1 is 0.531 bits per heavy atom. The second kappa shape index (κ2) is 7.10. The molecule has 0 N–H and O–H groups in total. The van der Waals surface area contributed by atoms with Gasteiger partial charge < -0.3 is 4.90 Å². The number of hydrogen-bond acceptors (Lipinski definition) is 1. The molecule has 0 aliphatic heterocycles. The van der Waals surface area contributed by atoms with Gasteiger partial charge in [0.15, 0.2) is 0 Å². The second-order valence-electron chi connectivity index (χ2n) is 9.08. The average molecular weight is 412 g/mol. The van der Waals surface area contributed by atoms with Crippen LogP contribution in [0.3, 0.4) is 0 Å². The van der Waals surface area contributed by atoms with Gasteiger partial charge in [0, 0.05) is 22.4 Å². The van der Waals surface area contributed by atoms with E-state index in [4.69, 9.17) is 0 Å². The maximum Gasteiger partial charge on any atom is 0.0543 e. The van der Waals surface area contributed by atoms with Gasteiger partial charge in [0.05, 0.1) is 5.69 Å². The minimum atomic E-state index is -0.0518. The molecule has 0 saturated carbocycles. The predicted octanol–water partition coefficient (Wildman–Crippen LogP) is 8.62. The monoisotopic (exact) mass is 411 g/mol. The SMILES string of the molecule is CC1(C)c2cc3ccccc3cc2-c2c(N(c3ccccc3)c3ccccc3)cccc21. The number of fused-ring (bicyclic) bond motifs is 4. The van der Waals surface area contributed by atoms with Crippen molar-refractivity contribution in [2.45, 2.75) is 19.3 Å². The van der Waals surface area contributed by atoms with E-state index in [2.05, 4.69) is 134 Å². The van der Waals surface area contributed by atoms with Crippen molar-refractivity contribution < 1.29 is 0 Å². The maximum absolute atomic E-state index is 2.39. The minimum Gasteiger partial charge on any atom is -0.310 e. The molecule has 0 aromatic heterocycles. The zero-order valence-electron chi connectivity index (χ0n) is 18.4. The lowest BCUT2D eigenvalue weighted by Gasteiger charge is -2.28. The summed E-state index contributed by atoms with van der Waals surface area (Å²) in [5.74, 6) is 0. The molecule has 1 aliphatic rings. The Kier molecular flexibility index (Phi) is 4.19. The van der Waals surface area contributed by atoms with Gasteiger partial charge in [0.2, 0.25) is 0 Å². The van der Waals surface area contributed by atoms with E-state index in [1.165, 1.54) is 50.1 Å². The first-order chi connectivity index (χ1) is 15.6. The zero-order chi connectivity index (χ0) is 21.7. The Bertz CT molecular complexity index is 1390. The molecular weight excluding hydrogens is 386 g/mol. The van der Waals surface area contributed by atoms with Gasteiger partial charge in [-0.05, 0) is 69.9 Å². The van der Waals surface area contributed by atoms with Gasteiger partial charge in [-0.3, -0.25) is 0 Å². The summed E-state index contributed by atoms with van der Waals surface area (Å²) in [5, 5.41) is 2.59. The summed E-state index contributed by atoms with van der Waals surface area (Å²) in [4.78, 5) is 2.39. The molecular formula is C31H25N. The molecule has 154 valence electrons. The van der Waals surface area contributed by atoms with Crippen molar-refractivity contribution in [1.29, 1.82) is 0 Å². The number of hydrogen-bond donors (Lipinski definition) is 0. The van der Waals surface area contributed by atoms with Crippen molar-refractivity contribution in [2.24, 2.45) is 0 Å². The first-order valence-corrected chi connectivity index (χ1v) is 11.2. The fourth-order valence-electron chi connectivity index (χ4n) is 5.22. The first kappa shape index (κ1) is 18.9. The van der Waals surface area contributed by atoms with E-state index in [1.54, 1.807) is 0 Å². The molecule has 1 aliphatic carbocycles. The molecule has 0 amide bonds. The third kappa shape index (κ3) is 2.78. The summed E-state index contributed by atoms with van der Waals surface area (Å²) in [5.41, 5.74) is 8.98. The first-order valence-electron chi connectivity index (χ1n) is 11.2. The fraction of sp³-hybridized carbons (Fsp3) is 0.0968. The molecule has 0 heterocycles. The van der Waals surface area contributed by atoms with Crippen LogP contribution in [0, 0.1) is 0 Å². The molecule has 5 aromatic rings. The highest BCUT2D eigenvalue weighted by molar-refractivity contribution is 5.99.